The third-order valence-electron chi connectivity index (χ3n) is 4.28. The Labute approximate surface area is 106 Å². The lowest BCUT2D eigenvalue weighted by Gasteiger charge is -2.37. The normalized spacial score (nSPS) is 30.8. The van der Waals surface area contributed by atoms with Crippen LogP contribution in [0.3, 0.4) is 0 Å². The van der Waals surface area contributed by atoms with Crippen molar-refractivity contribution < 1.29 is 9.90 Å². The number of aromatic nitrogens is 2. The van der Waals surface area contributed by atoms with Crippen LogP contribution in [-0.4, -0.2) is 44.3 Å². The van der Waals surface area contributed by atoms with Crippen LogP contribution in [0.1, 0.15) is 47.4 Å². The molecule has 1 amide bonds. The summed E-state index contributed by atoms with van der Waals surface area (Å²) < 4.78 is 0. The van der Waals surface area contributed by atoms with Gasteiger partial charge in [0.1, 0.15) is 0 Å². The SMILES string of the molecule is Cc1n[nH]c(C)c1C(=O)N1C2CCC1CC(O)C2. The van der Waals surface area contributed by atoms with Crippen molar-refractivity contribution in [3.8, 4) is 0 Å². The second-order valence-electron chi connectivity index (χ2n) is 5.53. The first-order valence-electron chi connectivity index (χ1n) is 6.60. The molecule has 5 nitrogen and oxygen atoms in total. The zero-order chi connectivity index (χ0) is 12.9. The highest BCUT2D eigenvalue weighted by Crippen LogP contribution is 2.37. The van der Waals surface area contributed by atoms with Gasteiger partial charge in [-0.05, 0) is 39.5 Å². The van der Waals surface area contributed by atoms with E-state index in [1.165, 1.54) is 0 Å². The van der Waals surface area contributed by atoms with Crippen LogP contribution in [0.4, 0.5) is 0 Å². The Bertz CT molecular complexity index is 449. The highest BCUT2D eigenvalue weighted by molar-refractivity contribution is 5.97. The van der Waals surface area contributed by atoms with Gasteiger partial charge in [0.15, 0.2) is 0 Å². The molecule has 2 bridgehead atoms. The lowest BCUT2D eigenvalue weighted by molar-refractivity contribution is 0.0286. The van der Waals surface area contributed by atoms with Gasteiger partial charge in [-0.2, -0.15) is 5.10 Å². The molecule has 0 aromatic carbocycles. The molecule has 0 spiro atoms. The number of aliphatic hydroxyl groups is 1. The van der Waals surface area contributed by atoms with Crippen molar-refractivity contribution in [2.45, 2.75) is 57.7 Å². The molecule has 18 heavy (non-hydrogen) atoms. The number of nitrogens with one attached hydrogen (secondary N) is 1. The Morgan fingerprint density at radius 1 is 1.33 bits per heavy atom. The molecule has 2 fully saturated rings. The molecule has 98 valence electrons. The number of aromatic amines is 1. The maximum atomic E-state index is 12.7. The van der Waals surface area contributed by atoms with Crippen molar-refractivity contribution in [1.29, 1.82) is 0 Å². The third kappa shape index (κ3) is 1.65. The van der Waals surface area contributed by atoms with E-state index in [2.05, 4.69) is 10.2 Å². The molecule has 1 aromatic heterocycles. The smallest absolute Gasteiger partial charge is 0.258 e. The lowest BCUT2D eigenvalue weighted by atomic mass is 9.98. The van der Waals surface area contributed by atoms with Crippen LogP contribution in [0.5, 0.6) is 0 Å². The van der Waals surface area contributed by atoms with E-state index in [0.717, 1.165) is 37.1 Å². The molecule has 2 N–H and O–H groups in total. The summed E-state index contributed by atoms with van der Waals surface area (Å²) in [6, 6.07) is 0.417. The third-order valence-corrected chi connectivity index (χ3v) is 4.28. The van der Waals surface area contributed by atoms with E-state index in [9.17, 15) is 9.90 Å². The molecular formula is C13H19N3O2. The van der Waals surface area contributed by atoms with Gasteiger partial charge in [0, 0.05) is 17.8 Å². The molecule has 2 saturated heterocycles. The molecule has 3 heterocycles. The summed E-state index contributed by atoms with van der Waals surface area (Å²) in [6.45, 7) is 3.74. The first-order valence-corrected chi connectivity index (χ1v) is 6.60. The standard InChI is InChI=1S/C13H19N3O2/c1-7-12(8(2)15-14-7)13(18)16-9-3-4-10(16)6-11(17)5-9/h9-11,17H,3-6H2,1-2H3,(H,14,15). The van der Waals surface area contributed by atoms with Crippen LogP contribution in [0, 0.1) is 13.8 Å². The van der Waals surface area contributed by atoms with E-state index < -0.39 is 0 Å². The number of amides is 1. The minimum Gasteiger partial charge on any atom is -0.393 e. The molecule has 1 aromatic rings. The monoisotopic (exact) mass is 249 g/mol. The molecule has 0 aliphatic carbocycles. The highest BCUT2D eigenvalue weighted by Gasteiger charge is 2.43. The molecule has 2 unspecified atom stereocenters. The van der Waals surface area contributed by atoms with Gasteiger partial charge in [-0.15, -0.1) is 0 Å². The average molecular weight is 249 g/mol. The minimum atomic E-state index is -0.238. The largest absolute Gasteiger partial charge is 0.393 e. The van der Waals surface area contributed by atoms with Gasteiger partial charge in [-0.3, -0.25) is 9.89 Å². The predicted octanol–water partition coefficient (Wildman–Crippen LogP) is 1.15. The Hall–Kier alpha value is -1.36. The van der Waals surface area contributed by atoms with Crippen molar-refractivity contribution in [1.82, 2.24) is 15.1 Å². The second kappa shape index (κ2) is 4.09. The van der Waals surface area contributed by atoms with Crippen LogP contribution in [0.15, 0.2) is 0 Å². The Balaban J connectivity index is 1.90. The molecule has 2 aliphatic rings. The van der Waals surface area contributed by atoms with Crippen LogP contribution in [-0.2, 0) is 0 Å². The summed E-state index contributed by atoms with van der Waals surface area (Å²) in [5.41, 5.74) is 2.31. The summed E-state index contributed by atoms with van der Waals surface area (Å²) in [6.07, 6.45) is 3.24. The maximum absolute atomic E-state index is 12.7. The van der Waals surface area contributed by atoms with E-state index >= 15 is 0 Å². The fraction of sp³-hybridized carbons (Fsp3) is 0.692. The van der Waals surface area contributed by atoms with E-state index in [4.69, 9.17) is 0 Å². The maximum Gasteiger partial charge on any atom is 0.258 e. The number of aryl methyl sites for hydroxylation is 2. The minimum absolute atomic E-state index is 0.0816. The molecule has 2 atom stereocenters. The van der Waals surface area contributed by atoms with Crippen LogP contribution < -0.4 is 0 Å². The van der Waals surface area contributed by atoms with Crippen molar-refractivity contribution in [2.75, 3.05) is 0 Å². The molecule has 2 aliphatic heterocycles. The first kappa shape index (κ1) is 11.7. The van der Waals surface area contributed by atoms with Crippen LogP contribution >= 0.6 is 0 Å². The number of rotatable bonds is 1. The Kier molecular flexibility index (Phi) is 2.66. The number of H-pyrrole nitrogens is 1. The van der Waals surface area contributed by atoms with Crippen molar-refractivity contribution in [2.24, 2.45) is 0 Å². The van der Waals surface area contributed by atoms with E-state index in [0.29, 0.717) is 5.56 Å². The highest BCUT2D eigenvalue weighted by atomic mass is 16.3. The van der Waals surface area contributed by atoms with Gasteiger partial charge in [0.05, 0.1) is 17.4 Å². The number of nitrogens with zero attached hydrogens (tertiary/aromatic N) is 2. The van der Waals surface area contributed by atoms with E-state index in [1.54, 1.807) is 0 Å². The van der Waals surface area contributed by atoms with Crippen LogP contribution in [0.2, 0.25) is 0 Å². The number of carbonyl (C=O) groups is 1. The molecule has 0 saturated carbocycles. The molecular weight excluding hydrogens is 230 g/mol. The number of fused-ring (bicyclic) bond motifs is 2. The zero-order valence-electron chi connectivity index (χ0n) is 10.8. The number of carbonyl (C=O) groups excluding carboxylic acids is 1. The van der Waals surface area contributed by atoms with Gasteiger partial charge >= 0.3 is 0 Å². The molecule has 5 heteroatoms. The van der Waals surface area contributed by atoms with Crippen molar-refractivity contribution in [3.05, 3.63) is 17.0 Å². The van der Waals surface area contributed by atoms with Crippen molar-refractivity contribution in [3.63, 3.8) is 0 Å². The quantitative estimate of drug-likeness (QED) is 0.784. The van der Waals surface area contributed by atoms with Gasteiger partial charge in [0.2, 0.25) is 0 Å². The fourth-order valence-corrected chi connectivity index (χ4v) is 3.48. The summed E-state index contributed by atoms with van der Waals surface area (Å²) >= 11 is 0. The van der Waals surface area contributed by atoms with Crippen molar-refractivity contribution >= 4 is 5.91 Å². The fourth-order valence-electron chi connectivity index (χ4n) is 3.48. The molecule has 0 radical (unpaired) electrons. The average Bonchev–Trinajstić information content (AvgIpc) is 2.77. The number of hydrogen-bond donors (Lipinski definition) is 2. The number of aliphatic hydroxyl groups excluding tert-OH is 1. The summed E-state index contributed by atoms with van der Waals surface area (Å²) in [5.74, 6) is 0.0816. The lowest BCUT2D eigenvalue weighted by Crippen LogP contribution is -2.48. The first-order chi connectivity index (χ1) is 8.58. The summed E-state index contributed by atoms with van der Waals surface area (Å²) in [7, 11) is 0. The number of piperidine rings is 1. The Morgan fingerprint density at radius 3 is 2.44 bits per heavy atom. The predicted molar refractivity (Wildman–Crippen MR) is 66.3 cm³/mol. The second-order valence-corrected chi connectivity index (χ2v) is 5.53. The van der Waals surface area contributed by atoms with Gasteiger partial charge in [-0.25, -0.2) is 0 Å². The van der Waals surface area contributed by atoms with Crippen LogP contribution in [0.25, 0.3) is 0 Å². The zero-order valence-corrected chi connectivity index (χ0v) is 10.8. The van der Waals surface area contributed by atoms with Gasteiger partial charge < -0.3 is 10.0 Å². The summed E-state index contributed by atoms with van der Waals surface area (Å²) in [5, 5.41) is 16.7. The number of hydrogen-bond acceptors (Lipinski definition) is 3. The molecule has 3 rings (SSSR count). The van der Waals surface area contributed by atoms with E-state index in [1.807, 2.05) is 18.7 Å². The topological polar surface area (TPSA) is 69.2 Å². The van der Waals surface area contributed by atoms with Gasteiger partial charge in [-0.1, -0.05) is 0 Å². The van der Waals surface area contributed by atoms with Gasteiger partial charge in [0.25, 0.3) is 5.91 Å². The summed E-state index contributed by atoms with van der Waals surface area (Å²) in [4.78, 5) is 14.6. The Morgan fingerprint density at radius 2 is 1.94 bits per heavy atom. The van der Waals surface area contributed by atoms with E-state index in [-0.39, 0.29) is 24.1 Å².